The van der Waals surface area contributed by atoms with Crippen molar-refractivity contribution in [1.82, 2.24) is 30.5 Å². The van der Waals surface area contributed by atoms with E-state index in [-0.39, 0.29) is 41.9 Å². The van der Waals surface area contributed by atoms with Gasteiger partial charge in [-0.25, -0.2) is 9.97 Å². The van der Waals surface area contributed by atoms with Gasteiger partial charge in [0, 0.05) is 31.0 Å². The molecular weight excluding hydrogens is 968 g/mol. The minimum Gasteiger partial charge on any atom is -0.478 e. The average Bonchev–Trinajstić information content (AvgIpc) is 4.06. The molecule has 2 fully saturated rings. The fourth-order valence-electron chi connectivity index (χ4n) is 8.63. The second-order valence-corrected chi connectivity index (χ2v) is 20.4. The molecule has 2 N–H and O–H groups in total. The number of carbonyl (C=O) groups is 4. The van der Waals surface area contributed by atoms with E-state index in [9.17, 15) is 37.6 Å². The van der Waals surface area contributed by atoms with Crippen LogP contribution >= 0.6 is 23.6 Å². The molecule has 7 rings (SSSR count). The van der Waals surface area contributed by atoms with Gasteiger partial charge in [0.05, 0.1) is 69.2 Å². The lowest BCUT2D eigenvalue weighted by atomic mass is 9.85. The molecule has 378 valence electrons. The summed E-state index contributed by atoms with van der Waals surface area (Å²) in [5.74, 6) is -1.15. The lowest BCUT2D eigenvalue weighted by Crippen LogP contribution is -2.58. The van der Waals surface area contributed by atoms with E-state index < -0.39 is 52.2 Å². The third-order valence-electron chi connectivity index (χ3n) is 12.6. The summed E-state index contributed by atoms with van der Waals surface area (Å²) in [5.41, 5.74) is 2.70. The highest BCUT2D eigenvalue weighted by Crippen LogP contribution is 2.40. The molecule has 3 atom stereocenters. The van der Waals surface area contributed by atoms with Gasteiger partial charge in [-0.05, 0) is 119 Å². The number of nitriles is 1. The van der Waals surface area contributed by atoms with Crippen molar-refractivity contribution in [2.45, 2.75) is 104 Å². The molecule has 0 aliphatic carbocycles. The lowest BCUT2D eigenvalue weighted by molar-refractivity contribution is -0.144. The van der Waals surface area contributed by atoms with E-state index in [0.29, 0.717) is 61.7 Å². The highest BCUT2D eigenvalue weighted by molar-refractivity contribution is 7.81. The molecular formula is C52H56F3N9O6S2. The van der Waals surface area contributed by atoms with Gasteiger partial charge in [0.1, 0.15) is 24.2 Å². The maximum Gasteiger partial charge on any atom is 0.417 e. The van der Waals surface area contributed by atoms with Gasteiger partial charge in [-0.2, -0.15) is 18.4 Å². The Labute approximate surface area is 425 Å². The normalized spacial score (nSPS) is 16.6. The zero-order chi connectivity index (χ0) is 52.1. The number of hydrogen-bond donors (Lipinski definition) is 2. The Morgan fingerprint density at radius 3 is 2.28 bits per heavy atom. The number of anilines is 2. The molecule has 1 unspecified atom stereocenters. The number of likely N-dealkylation sites (tertiary alicyclic amines) is 1. The number of rotatable bonds is 17. The molecule has 2 aromatic carbocycles. The summed E-state index contributed by atoms with van der Waals surface area (Å²) < 4.78 is 52.8. The van der Waals surface area contributed by atoms with Gasteiger partial charge in [0.15, 0.2) is 5.11 Å². The van der Waals surface area contributed by atoms with Crippen LogP contribution < -0.4 is 25.2 Å². The smallest absolute Gasteiger partial charge is 0.417 e. The van der Waals surface area contributed by atoms with E-state index in [1.165, 1.54) is 17.2 Å². The van der Waals surface area contributed by atoms with Crippen LogP contribution in [0.25, 0.3) is 21.7 Å². The van der Waals surface area contributed by atoms with Gasteiger partial charge in [0.2, 0.25) is 23.6 Å². The number of carbonyl (C=O) groups excluding carboxylic acids is 4. The summed E-state index contributed by atoms with van der Waals surface area (Å²) in [6.45, 7) is 13.5. The van der Waals surface area contributed by atoms with Crippen LogP contribution in [0.1, 0.15) is 95.7 Å². The van der Waals surface area contributed by atoms with Crippen molar-refractivity contribution >= 4 is 63.7 Å². The summed E-state index contributed by atoms with van der Waals surface area (Å²) in [6.07, 6.45) is 0.681. The molecule has 72 heavy (non-hydrogen) atoms. The zero-order valence-corrected chi connectivity index (χ0v) is 42.6. The molecule has 3 aromatic heterocycles. The van der Waals surface area contributed by atoms with Crippen molar-refractivity contribution in [3.8, 4) is 33.6 Å². The van der Waals surface area contributed by atoms with Crippen LogP contribution in [0.3, 0.4) is 0 Å². The number of amides is 4. The number of alkyl halides is 3. The Morgan fingerprint density at radius 1 is 0.944 bits per heavy atom. The van der Waals surface area contributed by atoms with Crippen LogP contribution in [0.2, 0.25) is 0 Å². The third kappa shape index (κ3) is 11.8. The lowest BCUT2D eigenvalue weighted by Gasteiger charge is -2.35. The second-order valence-electron chi connectivity index (χ2n) is 19.2. The fourth-order valence-corrected chi connectivity index (χ4v) is 9.96. The molecule has 2 aliphatic rings. The summed E-state index contributed by atoms with van der Waals surface area (Å²) in [7, 11) is 0. The number of pyridine rings is 2. The van der Waals surface area contributed by atoms with Crippen LogP contribution in [0, 0.1) is 23.7 Å². The number of thiazole rings is 1. The molecule has 0 saturated carbocycles. The first-order valence-electron chi connectivity index (χ1n) is 23.4. The molecule has 5 aromatic rings. The van der Waals surface area contributed by atoms with E-state index in [0.717, 1.165) is 38.7 Å². The molecule has 2 saturated heterocycles. The van der Waals surface area contributed by atoms with Crippen LogP contribution in [0.5, 0.6) is 5.88 Å². The van der Waals surface area contributed by atoms with Crippen molar-refractivity contribution < 1.29 is 41.8 Å². The monoisotopic (exact) mass is 1020 g/mol. The molecule has 15 nitrogen and oxygen atoms in total. The maximum absolute atomic E-state index is 14.0. The molecule has 0 radical (unpaired) electrons. The fraction of sp³-hybridized carbons (Fsp3) is 0.404. The Balaban J connectivity index is 0.839. The summed E-state index contributed by atoms with van der Waals surface area (Å²) in [5, 5.41) is 15.1. The Bertz CT molecular complexity index is 2850. The number of benzene rings is 2. The van der Waals surface area contributed by atoms with Crippen LogP contribution in [0.4, 0.5) is 24.5 Å². The number of ether oxygens (including phenoxy) is 2. The number of nitrogens with one attached hydrogen (secondary N) is 2. The predicted molar refractivity (Wildman–Crippen MR) is 271 cm³/mol. The first kappa shape index (κ1) is 53.0. The largest absolute Gasteiger partial charge is 0.478 e. The topological polar surface area (TPSA) is 183 Å². The molecule has 4 amide bonds. The molecule has 20 heteroatoms. The minimum absolute atomic E-state index is 0.0430. The van der Waals surface area contributed by atoms with Crippen molar-refractivity contribution in [3.05, 3.63) is 107 Å². The van der Waals surface area contributed by atoms with Crippen LogP contribution in [-0.4, -0.2) is 92.6 Å². The first-order valence-corrected chi connectivity index (χ1v) is 24.7. The number of aryl methyl sites for hydroxylation is 1. The summed E-state index contributed by atoms with van der Waals surface area (Å²) in [4.78, 5) is 72.9. The standard InChI is InChI=1S/C52H56F3N9O6S2/c1-31(33-12-14-34(15-13-33)44-32(2)59-30-72-44)60-46(66)41-11-10-22-62(41)47(67)45(50(3,4)5)61-42(65)29-69-23-8-9-24-70-43-21-17-36(27-58-43)40-20-19-38(28-57-40)64-49(71)63(48(68)51(64,6)7)37-18-16-35(26-56)39(25-37)52(53,54)55/h12-21,25,27-28,30-31,41,45H,8-11,22-24,29H2,1-7H3,(H,60,66)(H,61,65)/t31-,41-,45?/m0/s1. The third-order valence-corrected chi connectivity index (χ3v) is 13.9. The Kier molecular flexibility index (Phi) is 16.1. The van der Waals surface area contributed by atoms with Crippen LogP contribution in [-0.2, 0) is 30.1 Å². The van der Waals surface area contributed by atoms with E-state index in [4.69, 9.17) is 21.7 Å². The highest BCUT2D eigenvalue weighted by Gasteiger charge is 2.51. The maximum atomic E-state index is 14.0. The van der Waals surface area contributed by atoms with E-state index >= 15 is 0 Å². The van der Waals surface area contributed by atoms with E-state index in [1.807, 2.05) is 64.4 Å². The summed E-state index contributed by atoms with van der Waals surface area (Å²) >= 11 is 7.22. The van der Waals surface area contributed by atoms with Gasteiger partial charge >= 0.3 is 6.18 Å². The number of aromatic nitrogens is 3. The van der Waals surface area contributed by atoms with Gasteiger partial charge in [-0.1, -0.05) is 45.0 Å². The SMILES string of the molecule is Cc1ncsc1-c1ccc([C@H](C)NC(=O)[C@@H]2CCCN2C(=O)C(NC(=O)COCCCCOc2ccc(-c3ccc(N4C(=S)N(c5ccc(C#N)c(C(F)(F)F)c5)C(=O)C4(C)C)cn3)cn2)C(C)(C)C)cc1. The number of thiocarbonyl (C=S) groups is 1. The minimum atomic E-state index is -4.82. The Hall–Kier alpha value is -6.82. The molecule has 0 spiro atoms. The van der Waals surface area contributed by atoms with E-state index in [1.54, 1.807) is 66.6 Å². The zero-order valence-electron chi connectivity index (χ0n) is 41.0. The number of unbranched alkanes of at least 4 members (excludes halogenated alkanes) is 1. The molecule has 0 bridgehead atoms. The second kappa shape index (κ2) is 21.9. The predicted octanol–water partition coefficient (Wildman–Crippen LogP) is 8.96. The quantitative estimate of drug-likeness (QED) is 0.0667. The summed E-state index contributed by atoms with van der Waals surface area (Å²) in [6, 6.07) is 17.7. The molecule has 5 heterocycles. The average molecular weight is 1020 g/mol. The van der Waals surface area contributed by atoms with E-state index in [2.05, 4.69) is 25.6 Å². The van der Waals surface area contributed by atoms with Crippen molar-refractivity contribution in [3.63, 3.8) is 0 Å². The van der Waals surface area contributed by atoms with Crippen molar-refractivity contribution in [2.75, 3.05) is 36.2 Å². The van der Waals surface area contributed by atoms with Gasteiger partial charge < -0.3 is 29.9 Å². The van der Waals surface area contributed by atoms with Crippen molar-refractivity contribution in [1.29, 1.82) is 5.26 Å². The molecule has 2 aliphatic heterocycles. The highest BCUT2D eigenvalue weighted by atomic mass is 32.1. The Morgan fingerprint density at radius 2 is 1.65 bits per heavy atom. The van der Waals surface area contributed by atoms with Crippen LogP contribution in [0.15, 0.2) is 84.6 Å². The van der Waals surface area contributed by atoms with Gasteiger partial charge in [0.25, 0.3) is 5.91 Å². The van der Waals surface area contributed by atoms with Crippen molar-refractivity contribution in [2.24, 2.45) is 5.41 Å². The number of hydrogen-bond acceptors (Lipinski definition) is 12. The van der Waals surface area contributed by atoms with Gasteiger partial charge in [-0.3, -0.25) is 29.1 Å². The van der Waals surface area contributed by atoms with Gasteiger partial charge in [-0.15, -0.1) is 11.3 Å². The number of halogens is 3. The first-order chi connectivity index (χ1) is 34.1. The number of nitrogens with zero attached hydrogens (tertiary/aromatic N) is 7.